The Labute approximate surface area is 99.0 Å². The van der Waals surface area contributed by atoms with E-state index >= 15 is 0 Å². The van der Waals surface area contributed by atoms with Gasteiger partial charge in [0.25, 0.3) is 0 Å². The zero-order chi connectivity index (χ0) is 10.8. The van der Waals surface area contributed by atoms with E-state index in [1.165, 1.54) is 0 Å². The first-order valence-electron chi connectivity index (χ1n) is 5.03. The van der Waals surface area contributed by atoms with Gasteiger partial charge in [0.15, 0.2) is 0 Å². The molecule has 1 aromatic heterocycles. The van der Waals surface area contributed by atoms with Crippen molar-refractivity contribution in [3.05, 3.63) is 35.0 Å². The molecule has 0 bridgehead atoms. The fraction of sp³-hybridized carbons (Fsp3) is 0.333. The van der Waals surface area contributed by atoms with Crippen LogP contribution < -0.4 is 0 Å². The highest BCUT2D eigenvalue weighted by atomic mass is 35.5. The molecule has 2 rings (SSSR count). The van der Waals surface area contributed by atoms with Crippen molar-refractivity contribution in [2.75, 3.05) is 0 Å². The fourth-order valence-corrected chi connectivity index (χ4v) is 2.09. The maximum atomic E-state index is 6.19. The van der Waals surface area contributed by atoms with E-state index in [1.54, 1.807) is 0 Å². The first-order chi connectivity index (χ1) is 7.20. The van der Waals surface area contributed by atoms with Crippen molar-refractivity contribution in [2.45, 2.75) is 25.1 Å². The molecule has 1 nitrogen and oxygen atoms in total. The van der Waals surface area contributed by atoms with E-state index < -0.39 is 0 Å². The van der Waals surface area contributed by atoms with Gasteiger partial charge in [-0.25, -0.2) is 0 Å². The van der Waals surface area contributed by atoms with E-state index in [-0.39, 0.29) is 5.38 Å². The molecule has 15 heavy (non-hydrogen) atoms. The molecule has 0 saturated heterocycles. The Morgan fingerprint density at radius 2 is 2.13 bits per heavy atom. The summed E-state index contributed by atoms with van der Waals surface area (Å²) in [6, 6.07) is 7.55. The van der Waals surface area contributed by atoms with Gasteiger partial charge in [-0.05, 0) is 30.7 Å². The average Bonchev–Trinajstić information content (AvgIpc) is 2.60. The molecule has 0 aliphatic rings. The largest absolute Gasteiger partial charge is 0.460 e. The topological polar surface area (TPSA) is 13.1 Å². The molecule has 2 aromatic rings. The average molecular weight is 243 g/mol. The van der Waals surface area contributed by atoms with Crippen LogP contribution >= 0.6 is 23.2 Å². The second-order valence-corrected chi connectivity index (χ2v) is 4.55. The van der Waals surface area contributed by atoms with E-state index in [4.69, 9.17) is 27.6 Å². The van der Waals surface area contributed by atoms with Crippen LogP contribution in [0.15, 0.2) is 28.7 Å². The molecule has 1 heterocycles. The molecule has 0 N–H and O–H groups in total. The lowest BCUT2D eigenvalue weighted by molar-refractivity contribution is 0.528. The number of furan rings is 1. The summed E-state index contributed by atoms with van der Waals surface area (Å²) >= 11 is 12.1. The number of hydrogen-bond acceptors (Lipinski definition) is 1. The summed E-state index contributed by atoms with van der Waals surface area (Å²) in [4.78, 5) is 0. The minimum atomic E-state index is -0.0406. The number of alkyl halides is 1. The van der Waals surface area contributed by atoms with Crippen molar-refractivity contribution in [1.29, 1.82) is 0 Å². The standard InChI is InChI=1S/C12H12Cl2O/c1-2-3-10(14)12-7-8-6-9(13)4-5-11(8)15-12/h4-7,10H,2-3H2,1H3. The Morgan fingerprint density at radius 1 is 1.33 bits per heavy atom. The SMILES string of the molecule is CCCC(Cl)c1cc2cc(Cl)ccc2o1. The van der Waals surface area contributed by atoms with Crippen LogP contribution in [0.3, 0.4) is 0 Å². The van der Waals surface area contributed by atoms with Gasteiger partial charge in [-0.3, -0.25) is 0 Å². The first-order valence-corrected chi connectivity index (χ1v) is 5.85. The number of hydrogen-bond donors (Lipinski definition) is 0. The number of benzene rings is 1. The van der Waals surface area contributed by atoms with Crippen LogP contribution in [-0.4, -0.2) is 0 Å². The Hall–Kier alpha value is -0.660. The summed E-state index contributed by atoms with van der Waals surface area (Å²) in [5.74, 6) is 0.829. The van der Waals surface area contributed by atoms with Gasteiger partial charge < -0.3 is 4.42 Å². The van der Waals surface area contributed by atoms with Crippen molar-refractivity contribution in [3.63, 3.8) is 0 Å². The van der Waals surface area contributed by atoms with Gasteiger partial charge in [0.1, 0.15) is 11.3 Å². The van der Waals surface area contributed by atoms with E-state index in [1.807, 2.05) is 24.3 Å². The highest BCUT2D eigenvalue weighted by molar-refractivity contribution is 6.31. The second-order valence-electron chi connectivity index (χ2n) is 3.59. The fourth-order valence-electron chi connectivity index (χ4n) is 1.58. The molecule has 0 saturated carbocycles. The minimum Gasteiger partial charge on any atom is -0.460 e. The molecule has 1 unspecified atom stereocenters. The third kappa shape index (κ3) is 2.30. The molecule has 0 radical (unpaired) electrons. The number of fused-ring (bicyclic) bond motifs is 1. The van der Waals surface area contributed by atoms with Crippen LogP contribution in [0.25, 0.3) is 11.0 Å². The Morgan fingerprint density at radius 3 is 2.87 bits per heavy atom. The van der Waals surface area contributed by atoms with Crippen LogP contribution in [0, 0.1) is 0 Å². The van der Waals surface area contributed by atoms with E-state index in [0.717, 1.165) is 34.6 Å². The van der Waals surface area contributed by atoms with E-state index in [2.05, 4.69) is 6.92 Å². The van der Waals surface area contributed by atoms with Crippen LogP contribution in [-0.2, 0) is 0 Å². The molecule has 80 valence electrons. The lowest BCUT2D eigenvalue weighted by atomic mass is 10.2. The maximum absolute atomic E-state index is 6.19. The van der Waals surface area contributed by atoms with E-state index in [9.17, 15) is 0 Å². The van der Waals surface area contributed by atoms with Crippen molar-refractivity contribution < 1.29 is 4.42 Å². The van der Waals surface area contributed by atoms with Gasteiger partial charge in [0.05, 0.1) is 5.38 Å². The number of halogens is 2. The van der Waals surface area contributed by atoms with Crippen LogP contribution in [0.5, 0.6) is 0 Å². The molecule has 0 aliphatic carbocycles. The summed E-state index contributed by atoms with van der Waals surface area (Å²) in [7, 11) is 0. The van der Waals surface area contributed by atoms with Crippen LogP contribution in [0.4, 0.5) is 0 Å². The Balaban J connectivity index is 2.38. The van der Waals surface area contributed by atoms with Crippen molar-refractivity contribution in [1.82, 2.24) is 0 Å². The molecule has 0 spiro atoms. The lowest BCUT2D eigenvalue weighted by Gasteiger charge is -2.02. The van der Waals surface area contributed by atoms with Gasteiger partial charge in [-0.15, -0.1) is 11.6 Å². The molecule has 1 atom stereocenters. The van der Waals surface area contributed by atoms with Gasteiger partial charge in [0.2, 0.25) is 0 Å². The minimum absolute atomic E-state index is 0.0406. The third-order valence-electron chi connectivity index (χ3n) is 2.35. The third-order valence-corrected chi connectivity index (χ3v) is 3.02. The summed E-state index contributed by atoms with van der Waals surface area (Å²) in [5, 5.41) is 1.69. The normalized spacial score (nSPS) is 13.3. The van der Waals surface area contributed by atoms with Crippen LogP contribution in [0.2, 0.25) is 5.02 Å². The predicted octanol–water partition coefficient (Wildman–Crippen LogP) is 5.17. The van der Waals surface area contributed by atoms with Gasteiger partial charge in [-0.2, -0.15) is 0 Å². The van der Waals surface area contributed by atoms with Crippen molar-refractivity contribution >= 4 is 34.2 Å². The summed E-state index contributed by atoms with van der Waals surface area (Å²) in [6.45, 7) is 2.11. The van der Waals surface area contributed by atoms with Gasteiger partial charge >= 0.3 is 0 Å². The second kappa shape index (κ2) is 4.46. The number of rotatable bonds is 3. The molecule has 3 heteroatoms. The monoisotopic (exact) mass is 242 g/mol. The smallest absolute Gasteiger partial charge is 0.134 e. The Kier molecular flexibility index (Phi) is 3.22. The quantitative estimate of drug-likeness (QED) is 0.678. The molecule has 0 aliphatic heterocycles. The van der Waals surface area contributed by atoms with Gasteiger partial charge in [-0.1, -0.05) is 24.9 Å². The zero-order valence-electron chi connectivity index (χ0n) is 8.47. The predicted molar refractivity (Wildman–Crippen MR) is 64.7 cm³/mol. The molecule has 0 amide bonds. The highest BCUT2D eigenvalue weighted by Gasteiger charge is 2.12. The van der Waals surface area contributed by atoms with Crippen LogP contribution in [0.1, 0.15) is 30.9 Å². The molecule has 0 fully saturated rings. The van der Waals surface area contributed by atoms with Crippen molar-refractivity contribution in [3.8, 4) is 0 Å². The lowest BCUT2D eigenvalue weighted by Crippen LogP contribution is -1.85. The summed E-state index contributed by atoms with van der Waals surface area (Å²) < 4.78 is 5.65. The molecular formula is C12H12Cl2O. The zero-order valence-corrected chi connectivity index (χ0v) is 9.98. The molecule has 1 aromatic carbocycles. The van der Waals surface area contributed by atoms with E-state index in [0.29, 0.717) is 0 Å². The molecular weight excluding hydrogens is 231 g/mol. The first kappa shape index (κ1) is 10.8. The highest BCUT2D eigenvalue weighted by Crippen LogP contribution is 2.31. The van der Waals surface area contributed by atoms with Gasteiger partial charge in [0, 0.05) is 10.4 Å². The van der Waals surface area contributed by atoms with Crippen molar-refractivity contribution in [2.24, 2.45) is 0 Å². The Bertz CT molecular complexity index is 462. The summed E-state index contributed by atoms with van der Waals surface area (Å²) in [6.07, 6.45) is 1.97. The summed E-state index contributed by atoms with van der Waals surface area (Å²) in [5.41, 5.74) is 0.844. The maximum Gasteiger partial charge on any atom is 0.134 e.